The van der Waals surface area contributed by atoms with E-state index in [0.29, 0.717) is 25.1 Å². The van der Waals surface area contributed by atoms with Crippen molar-refractivity contribution in [2.45, 2.75) is 30.6 Å². The van der Waals surface area contributed by atoms with Gasteiger partial charge in [0.15, 0.2) is 0 Å². The van der Waals surface area contributed by atoms with Crippen molar-refractivity contribution in [3.05, 3.63) is 24.3 Å². The molecule has 0 atom stereocenters. The van der Waals surface area contributed by atoms with Gasteiger partial charge in [-0.1, -0.05) is 0 Å². The summed E-state index contributed by atoms with van der Waals surface area (Å²) in [7, 11) is -2.07. The van der Waals surface area contributed by atoms with Crippen LogP contribution in [-0.4, -0.2) is 58.7 Å². The molecular formula is C19H29N3O6S. The molecule has 1 saturated carbocycles. The predicted octanol–water partition coefficient (Wildman–Crippen LogP) is 0.00460. The highest BCUT2D eigenvalue weighted by Gasteiger charge is 2.27. The third-order valence-corrected chi connectivity index (χ3v) is 6.45. The summed E-state index contributed by atoms with van der Waals surface area (Å²) in [5.41, 5.74) is 0. The third-order valence-electron chi connectivity index (χ3n) is 5.01. The molecule has 1 aliphatic rings. The van der Waals surface area contributed by atoms with Gasteiger partial charge in [0.25, 0.3) is 0 Å². The zero-order chi connectivity index (χ0) is 21.3. The molecule has 2 rings (SSSR count). The van der Waals surface area contributed by atoms with E-state index in [0.717, 1.165) is 12.8 Å². The summed E-state index contributed by atoms with van der Waals surface area (Å²) in [6, 6.07) is 6.20. The second kappa shape index (κ2) is 11.1. The Balaban J connectivity index is 1.73. The molecule has 2 amide bonds. The standard InChI is InChI=1S/C19H29N3O6S/c1-28-16-6-8-17(9-7-16)29(26,27)22-12-14-2-4-15(5-3-14)19(25)21-13-18(24)20-10-11-23/h6-9,14-15,22-23H,2-5,10-13H2,1H3,(H,20,24)(H,21,25). The zero-order valence-electron chi connectivity index (χ0n) is 16.5. The molecule has 0 heterocycles. The van der Waals surface area contributed by atoms with Gasteiger partial charge in [-0.15, -0.1) is 0 Å². The highest BCUT2D eigenvalue weighted by Crippen LogP contribution is 2.29. The smallest absolute Gasteiger partial charge is 0.240 e. The van der Waals surface area contributed by atoms with Crippen molar-refractivity contribution in [2.24, 2.45) is 11.8 Å². The number of aliphatic hydroxyl groups is 1. The second-order valence-electron chi connectivity index (χ2n) is 7.04. The summed E-state index contributed by atoms with van der Waals surface area (Å²) in [6.45, 7) is 0.227. The first-order valence-electron chi connectivity index (χ1n) is 9.64. The summed E-state index contributed by atoms with van der Waals surface area (Å²) in [6.07, 6.45) is 2.78. The number of aliphatic hydroxyl groups excluding tert-OH is 1. The molecule has 1 aromatic carbocycles. The van der Waals surface area contributed by atoms with E-state index < -0.39 is 10.0 Å². The maximum Gasteiger partial charge on any atom is 0.240 e. The van der Waals surface area contributed by atoms with Crippen molar-refractivity contribution in [3.8, 4) is 5.75 Å². The van der Waals surface area contributed by atoms with Gasteiger partial charge < -0.3 is 20.5 Å². The lowest BCUT2D eigenvalue weighted by Gasteiger charge is -2.27. The molecule has 0 unspecified atom stereocenters. The summed E-state index contributed by atoms with van der Waals surface area (Å²) in [4.78, 5) is 23.8. The molecule has 1 aromatic rings. The minimum atomic E-state index is -3.59. The number of benzene rings is 1. The average molecular weight is 428 g/mol. The topological polar surface area (TPSA) is 134 Å². The van der Waals surface area contributed by atoms with Gasteiger partial charge in [-0.05, 0) is 55.9 Å². The van der Waals surface area contributed by atoms with Gasteiger partial charge in [0.1, 0.15) is 5.75 Å². The fraction of sp³-hybridized carbons (Fsp3) is 0.579. The zero-order valence-corrected chi connectivity index (χ0v) is 17.3. The first-order chi connectivity index (χ1) is 13.9. The number of rotatable bonds is 10. The fourth-order valence-electron chi connectivity index (χ4n) is 3.26. The lowest BCUT2D eigenvalue weighted by atomic mass is 9.81. The second-order valence-corrected chi connectivity index (χ2v) is 8.80. The highest BCUT2D eigenvalue weighted by molar-refractivity contribution is 7.89. The quantitative estimate of drug-likeness (QED) is 0.415. The van der Waals surface area contributed by atoms with Crippen LogP contribution in [0.15, 0.2) is 29.2 Å². The van der Waals surface area contributed by atoms with Crippen molar-refractivity contribution in [1.82, 2.24) is 15.4 Å². The van der Waals surface area contributed by atoms with Crippen LogP contribution < -0.4 is 20.1 Å². The summed E-state index contributed by atoms with van der Waals surface area (Å²) < 4.78 is 32.5. The Kier molecular flexibility index (Phi) is 8.87. The van der Waals surface area contributed by atoms with E-state index in [1.807, 2.05) is 0 Å². The molecule has 1 aliphatic carbocycles. The molecule has 4 N–H and O–H groups in total. The van der Waals surface area contributed by atoms with Gasteiger partial charge >= 0.3 is 0 Å². The Labute approximate surface area is 171 Å². The number of carbonyl (C=O) groups excluding carboxylic acids is 2. The Morgan fingerprint density at radius 1 is 1.10 bits per heavy atom. The van der Waals surface area contributed by atoms with Crippen molar-refractivity contribution in [1.29, 1.82) is 0 Å². The lowest BCUT2D eigenvalue weighted by molar-refractivity contribution is -0.129. The molecule has 162 valence electrons. The van der Waals surface area contributed by atoms with E-state index in [2.05, 4.69) is 15.4 Å². The Bertz CT molecular complexity index is 774. The SMILES string of the molecule is COc1ccc(S(=O)(=O)NCC2CCC(C(=O)NCC(=O)NCCO)CC2)cc1. The number of hydrogen-bond donors (Lipinski definition) is 4. The molecule has 1 fully saturated rings. The van der Waals surface area contributed by atoms with E-state index in [-0.39, 0.29) is 48.2 Å². The number of hydrogen-bond acceptors (Lipinski definition) is 6. The van der Waals surface area contributed by atoms with Crippen LogP contribution >= 0.6 is 0 Å². The normalized spacial score (nSPS) is 19.4. The number of carbonyl (C=O) groups is 2. The van der Waals surface area contributed by atoms with Gasteiger partial charge in [-0.3, -0.25) is 9.59 Å². The monoisotopic (exact) mass is 427 g/mol. The van der Waals surface area contributed by atoms with Crippen LogP contribution in [-0.2, 0) is 19.6 Å². The van der Waals surface area contributed by atoms with Gasteiger partial charge in [-0.2, -0.15) is 0 Å². The van der Waals surface area contributed by atoms with E-state index in [4.69, 9.17) is 9.84 Å². The van der Waals surface area contributed by atoms with Crippen molar-refractivity contribution in [2.75, 3.05) is 33.4 Å². The van der Waals surface area contributed by atoms with Gasteiger partial charge in [-0.25, -0.2) is 13.1 Å². The molecule has 0 aliphatic heterocycles. The van der Waals surface area contributed by atoms with Crippen molar-refractivity contribution < 1.29 is 27.9 Å². The minimum Gasteiger partial charge on any atom is -0.497 e. The number of ether oxygens (including phenoxy) is 1. The Morgan fingerprint density at radius 2 is 1.76 bits per heavy atom. The molecular weight excluding hydrogens is 398 g/mol. The van der Waals surface area contributed by atoms with Crippen LogP contribution in [0.3, 0.4) is 0 Å². The van der Waals surface area contributed by atoms with Crippen LogP contribution in [0.1, 0.15) is 25.7 Å². The Morgan fingerprint density at radius 3 is 2.34 bits per heavy atom. The highest BCUT2D eigenvalue weighted by atomic mass is 32.2. The molecule has 0 spiro atoms. The average Bonchev–Trinajstić information content (AvgIpc) is 2.75. The molecule has 10 heteroatoms. The van der Waals surface area contributed by atoms with Gasteiger partial charge in [0.05, 0.1) is 25.2 Å². The number of amides is 2. The fourth-order valence-corrected chi connectivity index (χ4v) is 4.38. The predicted molar refractivity (Wildman–Crippen MR) is 107 cm³/mol. The lowest BCUT2D eigenvalue weighted by Crippen LogP contribution is -2.41. The maximum absolute atomic E-state index is 12.4. The van der Waals surface area contributed by atoms with E-state index >= 15 is 0 Å². The number of methoxy groups -OCH3 is 1. The third kappa shape index (κ3) is 7.30. The first kappa shape index (κ1) is 23.1. The van der Waals surface area contributed by atoms with E-state index in [1.54, 1.807) is 12.1 Å². The largest absolute Gasteiger partial charge is 0.497 e. The molecule has 0 aromatic heterocycles. The number of sulfonamides is 1. The van der Waals surface area contributed by atoms with Crippen molar-refractivity contribution in [3.63, 3.8) is 0 Å². The van der Waals surface area contributed by atoms with Crippen LogP contribution in [0, 0.1) is 11.8 Å². The molecule has 0 bridgehead atoms. The summed E-state index contributed by atoms with van der Waals surface area (Å²) in [5, 5.41) is 13.7. The molecule has 0 saturated heterocycles. The summed E-state index contributed by atoms with van der Waals surface area (Å²) >= 11 is 0. The summed E-state index contributed by atoms with van der Waals surface area (Å²) in [5.74, 6) is 0.0804. The molecule has 0 radical (unpaired) electrons. The minimum absolute atomic E-state index is 0.111. The molecule has 9 nitrogen and oxygen atoms in total. The van der Waals surface area contributed by atoms with Gasteiger partial charge in [0, 0.05) is 19.0 Å². The van der Waals surface area contributed by atoms with E-state index in [1.165, 1.54) is 19.2 Å². The van der Waals surface area contributed by atoms with Crippen LogP contribution in [0.2, 0.25) is 0 Å². The maximum atomic E-state index is 12.4. The first-order valence-corrected chi connectivity index (χ1v) is 11.1. The van der Waals surface area contributed by atoms with Crippen LogP contribution in [0.4, 0.5) is 0 Å². The van der Waals surface area contributed by atoms with Crippen LogP contribution in [0.25, 0.3) is 0 Å². The Hall–Kier alpha value is -2.17. The van der Waals surface area contributed by atoms with Crippen molar-refractivity contribution >= 4 is 21.8 Å². The van der Waals surface area contributed by atoms with Gasteiger partial charge in [0.2, 0.25) is 21.8 Å². The van der Waals surface area contributed by atoms with E-state index in [9.17, 15) is 18.0 Å². The number of nitrogens with one attached hydrogen (secondary N) is 3. The van der Waals surface area contributed by atoms with Crippen LogP contribution in [0.5, 0.6) is 5.75 Å². The molecule has 29 heavy (non-hydrogen) atoms.